The normalized spacial score (nSPS) is 25.6. The van der Waals surface area contributed by atoms with Crippen molar-refractivity contribution in [2.75, 3.05) is 7.11 Å². The van der Waals surface area contributed by atoms with Gasteiger partial charge in [0, 0.05) is 6.42 Å². The number of carbonyl (C=O) groups is 4. The summed E-state index contributed by atoms with van der Waals surface area (Å²) >= 11 is 0. The first-order valence-corrected chi connectivity index (χ1v) is 7.63. The molecular formula is C16H24FNO7. The number of nitrogens with zero attached hydrogens (tertiary/aromatic N) is 1. The largest absolute Gasteiger partial charge is 0.467 e. The summed E-state index contributed by atoms with van der Waals surface area (Å²) in [6.45, 7) is 9.16. The van der Waals surface area contributed by atoms with Crippen LogP contribution in [0.4, 0.5) is 14.0 Å². The molecule has 1 fully saturated rings. The molecule has 0 aliphatic heterocycles. The number of aldehydes is 1. The number of ether oxygens (including phenoxy) is 3. The number of carbonyl (C=O) groups excluding carboxylic acids is 4. The second-order valence-corrected chi connectivity index (χ2v) is 7.81. The fourth-order valence-electron chi connectivity index (χ4n) is 2.24. The van der Waals surface area contributed by atoms with Crippen LogP contribution in [-0.4, -0.2) is 58.9 Å². The molecule has 0 unspecified atom stereocenters. The van der Waals surface area contributed by atoms with Crippen LogP contribution in [0.25, 0.3) is 0 Å². The molecule has 0 bridgehead atoms. The molecule has 0 saturated heterocycles. The number of alkyl halides is 1. The summed E-state index contributed by atoms with van der Waals surface area (Å²) in [5, 5.41) is 0. The zero-order chi connectivity index (χ0) is 19.8. The predicted octanol–water partition coefficient (Wildman–Crippen LogP) is 2.38. The summed E-state index contributed by atoms with van der Waals surface area (Å²) in [6, 6.07) is 0. The van der Waals surface area contributed by atoms with Gasteiger partial charge in [0.15, 0.2) is 11.8 Å². The van der Waals surface area contributed by atoms with E-state index in [0.717, 1.165) is 7.11 Å². The molecule has 0 spiro atoms. The van der Waals surface area contributed by atoms with Crippen LogP contribution >= 0.6 is 0 Å². The van der Waals surface area contributed by atoms with Crippen LogP contribution in [-0.2, 0) is 23.8 Å². The number of halogens is 1. The van der Waals surface area contributed by atoms with Crippen molar-refractivity contribution in [2.24, 2.45) is 0 Å². The van der Waals surface area contributed by atoms with Gasteiger partial charge in [-0.3, -0.25) is 4.79 Å². The van der Waals surface area contributed by atoms with Gasteiger partial charge in [-0.2, -0.15) is 4.90 Å². The summed E-state index contributed by atoms with van der Waals surface area (Å²) in [5.74, 6) is -1.25. The number of methoxy groups -OCH3 is 1. The Bertz CT molecular complexity index is 564. The standard InChI is InChI=1S/C16H24FNO7/c1-13(2,3)24-11(21)18(12(22)25-14(4,5)6)16(10(20)23-7)8-15(16,17)9-19/h9H,8H2,1-7H3/t15-,16-/m1/s1. The van der Waals surface area contributed by atoms with Crippen LogP contribution in [0.15, 0.2) is 0 Å². The van der Waals surface area contributed by atoms with E-state index in [1.54, 1.807) is 0 Å². The third kappa shape index (κ3) is 4.08. The highest BCUT2D eigenvalue weighted by Gasteiger charge is 2.82. The molecule has 0 aromatic heterocycles. The van der Waals surface area contributed by atoms with Crippen LogP contribution in [0.5, 0.6) is 0 Å². The maximum absolute atomic E-state index is 14.7. The topological polar surface area (TPSA) is 99.2 Å². The summed E-state index contributed by atoms with van der Waals surface area (Å²) in [5.41, 5.74) is -7.30. The maximum Gasteiger partial charge on any atom is 0.421 e. The average molecular weight is 361 g/mol. The van der Waals surface area contributed by atoms with Gasteiger partial charge in [0.2, 0.25) is 5.67 Å². The molecule has 1 saturated carbocycles. The van der Waals surface area contributed by atoms with Crippen molar-refractivity contribution in [3.8, 4) is 0 Å². The van der Waals surface area contributed by atoms with Crippen LogP contribution in [0.3, 0.4) is 0 Å². The molecule has 1 aliphatic carbocycles. The van der Waals surface area contributed by atoms with Gasteiger partial charge in [-0.25, -0.2) is 18.8 Å². The maximum atomic E-state index is 14.7. The van der Waals surface area contributed by atoms with Gasteiger partial charge in [-0.1, -0.05) is 0 Å². The Balaban J connectivity index is 3.39. The number of hydrogen-bond acceptors (Lipinski definition) is 7. The van der Waals surface area contributed by atoms with E-state index in [4.69, 9.17) is 9.47 Å². The molecule has 0 aromatic rings. The Morgan fingerprint density at radius 2 is 1.40 bits per heavy atom. The fraction of sp³-hybridized carbons (Fsp3) is 0.750. The van der Waals surface area contributed by atoms with Gasteiger partial charge >= 0.3 is 18.2 Å². The van der Waals surface area contributed by atoms with E-state index >= 15 is 0 Å². The van der Waals surface area contributed by atoms with Crippen molar-refractivity contribution < 1.29 is 37.8 Å². The minimum atomic E-state index is -2.77. The van der Waals surface area contributed by atoms with Gasteiger partial charge in [0.05, 0.1) is 7.11 Å². The van der Waals surface area contributed by atoms with Crippen LogP contribution in [0.2, 0.25) is 0 Å². The molecular weight excluding hydrogens is 337 g/mol. The van der Waals surface area contributed by atoms with E-state index in [-0.39, 0.29) is 11.2 Å². The van der Waals surface area contributed by atoms with Crippen molar-refractivity contribution in [1.29, 1.82) is 0 Å². The highest BCUT2D eigenvalue weighted by molar-refractivity contribution is 6.04. The lowest BCUT2D eigenvalue weighted by Crippen LogP contribution is -2.57. The van der Waals surface area contributed by atoms with Crippen molar-refractivity contribution in [1.82, 2.24) is 4.90 Å². The zero-order valence-electron chi connectivity index (χ0n) is 15.5. The van der Waals surface area contributed by atoms with Crippen LogP contribution in [0.1, 0.15) is 48.0 Å². The predicted molar refractivity (Wildman–Crippen MR) is 83.6 cm³/mol. The lowest BCUT2D eigenvalue weighted by molar-refractivity contribution is -0.151. The molecule has 2 amide bonds. The molecule has 0 N–H and O–H groups in total. The monoisotopic (exact) mass is 361 g/mol. The highest BCUT2D eigenvalue weighted by Crippen LogP contribution is 2.55. The summed E-state index contributed by atoms with van der Waals surface area (Å²) in [7, 11) is 0.954. The van der Waals surface area contributed by atoms with Gasteiger partial charge in [0.25, 0.3) is 0 Å². The number of rotatable bonds is 3. The second-order valence-electron chi connectivity index (χ2n) is 7.81. The van der Waals surface area contributed by atoms with Gasteiger partial charge in [0.1, 0.15) is 11.2 Å². The minimum Gasteiger partial charge on any atom is -0.467 e. The molecule has 0 heterocycles. The molecule has 0 aromatic carbocycles. The van der Waals surface area contributed by atoms with E-state index in [1.165, 1.54) is 41.5 Å². The van der Waals surface area contributed by atoms with Gasteiger partial charge in [-0.15, -0.1) is 0 Å². The Morgan fingerprint density at radius 3 is 1.64 bits per heavy atom. The molecule has 8 nitrogen and oxygen atoms in total. The number of esters is 1. The first-order chi connectivity index (χ1) is 11.1. The summed E-state index contributed by atoms with van der Waals surface area (Å²) in [6.07, 6.45) is -3.48. The first-order valence-electron chi connectivity index (χ1n) is 7.63. The van der Waals surface area contributed by atoms with E-state index in [0.29, 0.717) is 0 Å². The summed E-state index contributed by atoms with van der Waals surface area (Å²) in [4.78, 5) is 48.5. The van der Waals surface area contributed by atoms with Crippen molar-refractivity contribution >= 4 is 24.4 Å². The van der Waals surface area contributed by atoms with Crippen LogP contribution in [0, 0.1) is 0 Å². The quantitative estimate of drug-likeness (QED) is 0.432. The highest BCUT2D eigenvalue weighted by atomic mass is 19.1. The zero-order valence-corrected chi connectivity index (χ0v) is 15.5. The number of amides is 2. The van der Waals surface area contributed by atoms with E-state index in [1.807, 2.05) is 0 Å². The molecule has 1 aliphatic rings. The molecule has 0 radical (unpaired) electrons. The van der Waals surface area contributed by atoms with Gasteiger partial charge < -0.3 is 14.2 Å². The SMILES string of the molecule is COC(=O)[C@]1(N(C(=O)OC(C)(C)C)C(=O)OC(C)(C)C)C[C@@]1(F)C=O. The molecule has 142 valence electrons. The van der Waals surface area contributed by atoms with Crippen LogP contribution < -0.4 is 0 Å². The van der Waals surface area contributed by atoms with Crippen molar-refractivity contribution in [2.45, 2.75) is 70.4 Å². The molecule has 9 heteroatoms. The molecule has 1 rings (SSSR count). The molecule has 2 atom stereocenters. The second kappa shape index (κ2) is 6.27. The fourth-order valence-corrected chi connectivity index (χ4v) is 2.24. The van der Waals surface area contributed by atoms with Crippen molar-refractivity contribution in [3.05, 3.63) is 0 Å². The Kier molecular flexibility index (Phi) is 5.23. The number of hydrogen-bond donors (Lipinski definition) is 0. The lowest BCUT2D eigenvalue weighted by Gasteiger charge is -2.32. The third-order valence-corrected chi connectivity index (χ3v) is 3.32. The average Bonchev–Trinajstić information content (AvgIpc) is 3.01. The van der Waals surface area contributed by atoms with E-state index in [2.05, 4.69) is 4.74 Å². The Morgan fingerprint density at radius 1 is 1.00 bits per heavy atom. The molecule has 25 heavy (non-hydrogen) atoms. The third-order valence-electron chi connectivity index (χ3n) is 3.32. The lowest BCUT2D eigenvalue weighted by atomic mass is 10.1. The minimum absolute atomic E-state index is 0.133. The smallest absolute Gasteiger partial charge is 0.421 e. The summed E-state index contributed by atoms with van der Waals surface area (Å²) < 4.78 is 29.4. The first kappa shape index (κ1) is 20.9. The van der Waals surface area contributed by atoms with E-state index < -0.39 is 47.0 Å². The Labute approximate surface area is 145 Å². The van der Waals surface area contributed by atoms with E-state index in [9.17, 15) is 23.6 Å². The Hall–Kier alpha value is -2.19. The van der Waals surface area contributed by atoms with Crippen molar-refractivity contribution in [3.63, 3.8) is 0 Å². The van der Waals surface area contributed by atoms with Gasteiger partial charge in [-0.05, 0) is 41.5 Å². The number of imide groups is 1.